The largest absolute Gasteiger partial charge is 0.469 e. The fourth-order valence-electron chi connectivity index (χ4n) is 2.84. The van der Waals surface area contributed by atoms with Crippen molar-refractivity contribution < 1.29 is 9.53 Å². The van der Waals surface area contributed by atoms with Crippen LogP contribution in [0.25, 0.3) is 0 Å². The van der Waals surface area contributed by atoms with Crippen LogP contribution in [0, 0.1) is 0 Å². The zero-order valence-corrected chi connectivity index (χ0v) is 13.2. The fourth-order valence-corrected chi connectivity index (χ4v) is 3.10. The van der Waals surface area contributed by atoms with E-state index in [1.165, 1.54) is 7.11 Å². The molecule has 0 spiro atoms. The molecule has 0 saturated carbocycles. The maximum Gasteiger partial charge on any atom is 0.307 e. The predicted octanol–water partition coefficient (Wildman–Crippen LogP) is 2.72. The Morgan fingerprint density at radius 2 is 2.29 bits per heavy atom. The molecule has 116 valence electrons. The number of rotatable bonds is 5. The molecule has 1 fully saturated rings. The third kappa shape index (κ3) is 4.43. The lowest BCUT2D eigenvalue weighted by atomic mass is 9.98. The molecular weight excluding hydrogens is 288 g/mol. The first-order chi connectivity index (χ1) is 10.1. The summed E-state index contributed by atoms with van der Waals surface area (Å²) in [4.78, 5) is 13.9. The van der Waals surface area contributed by atoms with Gasteiger partial charge in [0.15, 0.2) is 0 Å². The molecular formula is C16H23ClN2O2. The summed E-state index contributed by atoms with van der Waals surface area (Å²) in [6.45, 7) is 2.26. The molecule has 0 amide bonds. The van der Waals surface area contributed by atoms with Gasteiger partial charge in [0.2, 0.25) is 0 Å². The normalized spacial score (nSPS) is 19.5. The summed E-state index contributed by atoms with van der Waals surface area (Å²) in [5, 5.41) is 0.750. The maximum absolute atomic E-state index is 11.5. The van der Waals surface area contributed by atoms with E-state index in [9.17, 15) is 4.79 Å². The maximum atomic E-state index is 11.5. The third-order valence-electron chi connectivity index (χ3n) is 4.11. The summed E-state index contributed by atoms with van der Waals surface area (Å²) in [5.41, 5.74) is 7.75. The van der Waals surface area contributed by atoms with E-state index in [-0.39, 0.29) is 12.0 Å². The van der Waals surface area contributed by atoms with Gasteiger partial charge in [-0.05, 0) is 36.6 Å². The molecule has 0 radical (unpaired) electrons. The fraction of sp³-hybridized carbons (Fsp3) is 0.562. The number of benzene rings is 1. The smallest absolute Gasteiger partial charge is 0.307 e. The third-order valence-corrected chi connectivity index (χ3v) is 4.46. The number of nitrogens with zero attached hydrogens (tertiary/aromatic N) is 1. The highest BCUT2D eigenvalue weighted by molar-refractivity contribution is 6.31. The van der Waals surface area contributed by atoms with Gasteiger partial charge in [0.25, 0.3) is 0 Å². The van der Waals surface area contributed by atoms with Crippen molar-refractivity contribution >= 4 is 17.6 Å². The molecule has 2 rings (SSSR count). The molecule has 1 unspecified atom stereocenters. The summed E-state index contributed by atoms with van der Waals surface area (Å²) in [6.07, 6.45) is 3.82. The monoisotopic (exact) mass is 310 g/mol. The van der Waals surface area contributed by atoms with Gasteiger partial charge in [0, 0.05) is 24.2 Å². The van der Waals surface area contributed by atoms with E-state index >= 15 is 0 Å². The lowest BCUT2D eigenvalue weighted by Gasteiger charge is -2.35. The quantitative estimate of drug-likeness (QED) is 0.850. The molecule has 1 aromatic carbocycles. The number of hydrogen-bond acceptors (Lipinski definition) is 4. The van der Waals surface area contributed by atoms with Crippen LogP contribution in [0.15, 0.2) is 18.2 Å². The summed E-state index contributed by atoms with van der Waals surface area (Å²) in [7, 11) is 1.44. The summed E-state index contributed by atoms with van der Waals surface area (Å²) in [6, 6.07) is 6.22. The average molecular weight is 311 g/mol. The van der Waals surface area contributed by atoms with Gasteiger partial charge in [-0.15, -0.1) is 0 Å². The SMILES string of the molecule is COC(=O)CC1CCCCN1Cc1ccc(CN)cc1Cl. The van der Waals surface area contributed by atoms with E-state index in [1.54, 1.807) is 0 Å². The van der Waals surface area contributed by atoms with Crippen LogP contribution in [-0.4, -0.2) is 30.6 Å². The highest BCUT2D eigenvalue weighted by Gasteiger charge is 2.25. The van der Waals surface area contributed by atoms with Crippen molar-refractivity contribution in [3.8, 4) is 0 Å². The lowest BCUT2D eigenvalue weighted by Crippen LogP contribution is -2.40. The minimum absolute atomic E-state index is 0.142. The molecule has 1 aromatic rings. The van der Waals surface area contributed by atoms with Gasteiger partial charge in [0.1, 0.15) is 0 Å². The van der Waals surface area contributed by atoms with Gasteiger partial charge < -0.3 is 10.5 Å². The number of ether oxygens (including phenoxy) is 1. The molecule has 0 aliphatic carbocycles. The Bertz CT molecular complexity index is 493. The molecule has 5 heteroatoms. The second kappa shape index (κ2) is 7.78. The number of esters is 1. The van der Waals surface area contributed by atoms with Crippen LogP contribution >= 0.6 is 11.6 Å². The van der Waals surface area contributed by atoms with Crippen LogP contribution in [0.3, 0.4) is 0 Å². The second-order valence-electron chi connectivity index (χ2n) is 5.53. The number of carbonyl (C=O) groups excluding carboxylic acids is 1. The van der Waals surface area contributed by atoms with E-state index in [4.69, 9.17) is 22.1 Å². The topological polar surface area (TPSA) is 55.6 Å². The predicted molar refractivity (Wildman–Crippen MR) is 84.0 cm³/mol. The van der Waals surface area contributed by atoms with Gasteiger partial charge in [-0.3, -0.25) is 9.69 Å². The molecule has 0 bridgehead atoms. The standard InChI is InChI=1S/C16H23ClN2O2/c1-21-16(20)9-14-4-2-3-7-19(14)11-13-6-5-12(10-18)8-15(13)17/h5-6,8,14H,2-4,7,9-11,18H2,1H3. The molecule has 0 aromatic heterocycles. The van der Waals surface area contributed by atoms with Gasteiger partial charge in [-0.2, -0.15) is 0 Å². The van der Waals surface area contributed by atoms with Crippen LogP contribution in [-0.2, 0) is 22.6 Å². The molecule has 4 nitrogen and oxygen atoms in total. The second-order valence-corrected chi connectivity index (χ2v) is 5.94. The van der Waals surface area contributed by atoms with E-state index in [1.807, 2.05) is 18.2 Å². The Balaban J connectivity index is 2.06. The Hall–Kier alpha value is -1.10. The minimum Gasteiger partial charge on any atom is -0.469 e. The first kappa shape index (κ1) is 16.3. The van der Waals surface area contributed by atoms with Crippen molar-refractivity contribution in [1.29, 1.82) is 0 Å². The number of methoxy groups -OCH3 is 1. The average Bonchev–Trinajstić information content (AvgIpc) is 2.50. The van der Waals surface area contributed by atoms with E-state index in [0.717, 1.165) is 48.5 Å². The van der Waals surface area contributed by atoms with Gasteiger partial charge >= 0.3 is 5.97 Å². The molecule has 1 atom stereocenters. The van der Waals surface area contributed by atoms with Gasteiger partial charge in [-0.25, -0.2) is 0 Å². The number of halogens is 1. The number of carbonyl (C=O) groups is 1. The van der Waals surface area contributed by atoms with Gasteiger partial charge in [-0.1, -0.05) is 30.2 Å². The minimum atomic E-state index is -0.142. The van der Waals surface area contributed by atoms with Crippen molar-refractivity contribution in [3.63, 3.8) is 0 Å². The summed E-state index contributed by atoms with van der Waals surface area (Å²) < 4.78 is 4.80. The number of likely N-dealkylation sites (tertiary alicyclic amines) is 1. The van der Waals surface area contributed by atoms with Crippen molar-refractivity contribution in [2.75, 3.05) is 13.7 Å². The first-order valence-corrected chi connectivity index (χ1v) is 7.80. The summed E-state index contributed by atoms with van der Waals surface area (Å²) in [5.74, 6) is -0.142. The highest BCUT2D eigenvalue weighted by Crippen LogP contribution is 2.25. The lowest BCUT2D eigenvalue weighted by molar-refractivity contribution is -0.142. The van der Waals surface area contributed by atoms with Crippen LogP contribution in [0.2, 0.25) is 5.02 Å². The van der Waals surface area contributed by atoms with Crippen molar-refractivity contribution in [2.24, 2.45) is 5.73 Å². The molecule has 1 aliphatic rings. The Morgan fingerprint density at radius 3 is 2.95 bits per heavy atom. The highest BCUT2D eigenvalue weighted by atomic mass is 35.5. The van der Waals surface area contributed by atoms with Crippen molar-refractivity contribution in [3.05, 3.63) is 34.3 Å². The molecule has 1 saturated heterocycles. The molecule has 1 aliphatic heterocycles. The Morgan fingerprint density at radius 1 is 1.48 bits per heavy atom. The zero-order chi connectivity index (χ0) is 15.2. The van der Waals surface area contributed by atoms with Crippen LogP contribution in [0.1, 0.15) is 36.8 Å². The molecule has 2 N–H and O–H groups in total. The van der Waals surface area contributed by atoms with E-state index in [0.29, 0.717) is 13.0 Å². The van der Waals surface area contributed by atoms with Crippen LogP contribution in [0.4, 0.5) is 0 Å². The van der Waals surface area contributed by atoms with E-state index < -0.39 is 0 Å². The number of piperidine rings is 1. The van der Waals surface area contributed by atoms with Crippen molar-refractivity contribution in [1.82, 2.24) is 4.90 Å². The van der Waals surface area contributed by atoms with Crippen LogP contribution < -0.4 is 5.73 Å². The van der Waals surface area contributed by atoms with E-state index in [2.05, 4.69) is 4.90 Å². The zero-order valence-electron chi connectivity index (χ0n) is 12.5. The molecule has 1 heterocycles. The number of hydrogen-bond donors (Lipinski definition) is 1. The first-order valence-electron chi connectivity index (χ1n) is 7.42. The van der Waals surface area contributed by atoms with Gasteiger partial charge in [0.05, 0.1) is 13.5 Å². The Kier molecular flexibility index (Phi) is 6.03. The summed E-state index contributed by atoms with van der Waals surface area (Å²) >= 11 is 6.33. The van der Waals surface area contributed by atoms with Crippen molar-refractivity contribution in [2.45, 2.75) is 44.8 Å². The number of nitrogens with two attached hydrogens (primary N) is 1. The van der Waals surface area contributed by atoms with Crippen LogP contribution in [0.5, 0.6) is 0 Å². The molecule has 21 heavy (non-hydrogen) atoms. The Labute approximate surface area is 131 Å².